The molecule has 1 N–H and O–H groups in total. The highest BCUT2D eigenvalue weighted by Gasteiger charge is 2.36. The van der Waals surface area contributed by atoms with Crippen LogP contribution in [0.2, 0.25) is 0 Å². The van der Waals surface area contributed by atoms with Crippen LogP contribution in [0.15, 0.2) is 71.6 Å². The molecule has 156 valence electrons. The molecule has 5 nitrogen and oxygen atoms in total. The van der Waals surface area contributed by atoms with Crippen LogP contribution in [0.5, 0.6) is 0 Å². The van der Waals surface area contributed by atoms with Gasteiger partial charge in [-0.1, -0.05) is 36.4 Å². The van der Waals surface area contributed by atoms with Crippen LogP contribution in [0, 0.1) is 0 Å². The van der Waals surface area contributed by atoms with Gasteiger partial charge in [0.1, 0.15) is 6.61 Å². The average Bonchev–Trinajstić information content (AvgIpc) is 3.57. The Morgan fingerprint density at radius 1 is 1.10 bits per heavy atom. The first kappa shape index (κ1) is 19.6. The zero-order chi connectivity index (χ0) is 21.2. The number of amides is 1. The van der Waals surface area contributed by atoms with Crippen molar-refractivity contribution in [1.29, 1.82) is 0 Å². The zero-order valence-electron chi connectivity index (χ0n) is 16.9. The summed E-state index contributed by atoms with van der Waals surface area (Å²) in [6.07, 6.45) is 2.77. The molecule has 6 heteroatoms. The van der Waals surface area contributed by atoms with Gasteiger partial charge in [-0.05, 0) is 58.5 Å². The van der Waals surface area contributed by atoms with Crippen LogP contribution in [0.25, 0.3) is 22.0 Å². The standard InChI is InChI=1S/C25H22N2O3S/c28-24(21-14-26-22-9-8-18(13-20(21)22)19-10-12-31-16-19)23-7-4-11-27(23)25(29)30-15-17-5-2-1-3-6-17/h1-3,5-6,8-10,12-14,16,23,26H,4,7,11,15H2. The van der Waals surface area contributed by atoms with Crippen molar-refractivity contribution in [2.75, 3.05) is 6.54 Å². The molecule has 5 rings (SSSR count). The summed E-state index contributed by atoms with van der Waals surface area (Å²) in [5, 5.41) is 5.02. The molecule has 3 heterocycles. The van der Waals surface area contributed by atoms with E-state index in [2.05, 4.69) is 22.5 Å². The molecule has 2 aromatic carbocycles. The molecule has 1 unspecified atom stereocenters. The van der Waals surface area contributed by atoms with E-state index < -0.39 is 12.1 Å². The number of benzene rings is 2. The highest BCUT2D eigenvalue weighted by atomic mass is 32.1. The van der Waals surface area contributed by atoms with Gasteiger partial charge in [-0.2, -0.15) is 11.3 Å². The van der Waals surface area contributed by atoms with Gasteiger partial charge in [-0.15, -0.1) is 0 Å². The summed E-state index contributed by atoms with van der Waals surface area (Å²) in [4.78, 5) is 30.9. The number of hydrogen-bond acceptors (Lipinski definition) is 4. The number of carbonyl (C=O) groups is 2. The average molecular weight is 431 g/mol. The smallest absolute Gasteiger partial charge is 0.410 e. The molecule has 0 aliphatic carbocycles. The lowest BCUT2D eigenvalue weighted by Crippen LogP contribution is -2.40. The Kier molecular flexibility index (Phi) is 5.30. The Morgan fingerprint density at radius 3 is 2.77 bits per heavy atom. The SMILES string of the molecule is O=C(c1c[nH]c2ccc(-c3ccsc3)cc12)C1CCCN1C(=O)OCc1ccccc1. The molecule has 0 radical (unpaired) electrons. The molecule has 0 spiro atoms. The lowest BCUT2D eigenvalue weighted by Gasteiger charge is -2.23. The number of likely N-dealkylation sites (tertiary alicyclic amines) is 1. The largest absolute Gasteiger partial charge is 0.445 e. The molecule has 0 bridgehead atoms. The number of Topliss-reactive ketones (excluding diaryl/α,β-unsaturated/α-hetero) is 1. The fourth-order valence-electron chi connectivity index (χ4n) is 4.17. The van der Waals surface area contributed by atoms with Crippen molar-refractivity contribution in [2.45, 2.75) is 25.5 Å². The number of hydrogen-bond donors (Lipinski definition) is 1. The fraction of sp³-hybridized carbons (Fsp3) is 0.200. The van der Waals surface area contributed by atoms with E-state index in [0.717, 1.165) is 34.0 Å². The van der Waals surface area contributed by atoms with Gasteiger partial charge in [0.2, 0.25) is 0 Å². The highest BCUT2D eigenvalue weighted by molar-refractivity contribution is 7.08. The third-order valence-corrected chi connectivity index (χ3v) is 6.48. The maximum absolute atomic E-state index is 13.4. The predicted molar refractivity (Wildman–Crippen MR) is 122 cm³/mol. The van der Waals surface area contributed by atoms with Gasteiger partial charge in [0.05, 0.1) is 6.04 Å². The minimum absolute atomic E-state index is 0.0390. The predicted octanol–water partition coefficient (Wildman–Crippen LogP) is 5.88. The molecule has 1 fully saturated rings. The van der Waals surface area contributed by atoms with Crippen molar-refractivity contribution in [3.8, 4) is 11.1 Å². The van der Waals surface area contributed by atoms with E-state index in [1.165, 1.54) is 0 Å². The Hall–Kier alpha value is -3.38. The van der Waals surface area contributed by atoms with E-state index in [1.807, 2.05) is 47.8 Å². The van der Waals surface area contributed by atoms with E-state index in [1.54, 1.807) is 22.4 Å². The van der Waals surface area contributed by atoms with Crippen molar-refractivity contribution in [3.63, 3.8) is 0 Å². The minimum atomic E-state index is -0.493. The number of H-pyrrole nitrogens is 1. The lowest BCUT2D eigenvalue weighted by atomic mass is 9.99. The summed E-state index contributed by atoms with van der Waals surface area (Å²) in [7, 11) is 0. The molecule has 1 aliphatic heterocycles. The number of rotatable bonds is 5. The summed E-state index contributed by atoms with van der Waals surface area (Å²) in [5.74, 6) is -0.0390. The van der Waals surface area contributed by atoms with Gasteiger partial charge in [0, 0.05) is 29.2 Å². The van der Waals surface area contributed by atoms with Crippen LogP contribution in [0.4, 0.5) is 4.79 Å². The van der Waals surface area contributed by atoms with Crippen molar-refractivity contribution in [1.82, 2.24) is 9.88 Å². The molecule has 1 saturated heterocycles. The molecule has 31 heavy (non-hydrogen) atoms. The molecule has 1 amide bonds. The monoisotopic (exact) mass is 430 g/mol. The molecule has 1 aliphatic rings. The van der Waals surface area contributed by atoms with Crippen molar-refractivity contribution in [3.05, 3.63) is 82.7 Å². The van der Waals surface area contributed by atoms with Crippen LogP contribution < -0.4 is 0 Å². The first-order chi connectivity index (χ1) is 15.2. The Bertz CT molecular complexity index is 1210. The fourth-order valence-corrected chi connectivity index (χ4v) is 4.84. The van der Waals surface area contributed by atoms with Crippen LogP contribution in [-0.2, 0) is 11.3 Å². The number of nitrogens with one attached hydrogen (secondary N) is 1. The van der Waals surface area contributed by atoms with Gasteiger partial charge in [-0.25, -0.2) is 4.79 Å². The van der Waals surface area contributed by atoms with Crippen molar-refractivity contribution in [2.24, 2.45) is 0 Å². The second kappa shape index (κ2) is 8.40. The second-order valence-corrected chi connectivity index (χ2v) is 8.51. The lowest BCUT2D eigenvalue weighted by molar-refractivity contribution is 0.0739. The number of carbonyl (C=O) groups excluding carboxylic acids is 2. The van der Waals surface area contributed by atoms with Crippen LogP contribution in [0.1, 0.15) is 28.8 Å². The van der Waals surface area contributed by atoms with Crippen LogP contribution >= 0.6 is 11.3 Å². The summed E-state index contributed by atoms with van der Waals surface area (Å²) in [5.41, 5.74) is 4.68. The third-order valence-electron chi connectivity index (χ3n) is 5.80. The number of fused-ring (bicyclic) bond motifs is 1. The third kappa shape index (κ3) is 3.86. The molecular formula is C25H22N2O3S. The molecule has 4 aromatic rings. The number of ketones is 1. The maximum atomic E-state index is 13.4. The molecular weight excluding hydrogens is 408 g/mol. The Balaban J connectivity index is 1.37. The van der Waals surface area contributed by atoms with Gasteiger partial charge in [-0.3, -0.25) is 9.69 Å². The summed E-state index contributed by atoms with van der Waals surface area (Å²) in [6.45, 7) is 0.737. The summed E-state index contributed by atoms with van der Waals surface area (Å²) < 4.78 is 5.49. The van der Waals surface area contributed by atoms with E-state index in [9.17, 15) is 9.59 Å². The first-order valence-corrected chi connectivity index (χ1v) is 11.3. The van der Waals surface area contributed by atoms with Crippen molar-refractivity contribution >= 4 is 34.1 Å². The number of aromatic amines is 1. The zero-order valence-corrected chi connectivity index (χ0v) is 17.7. The first-order valence-electron chi connectivity index (χ1n) is 10.4. The maximum Gasteiger partial charge on any atom is 0.410 e. The Labute approximate surface area is 184 Å². The highest BCUT2D eigenvalue weighted by Crippen LogP contribution is 2.30. The number of nitrogens with zero attached hydrogens (tertiary/aromatic N) is 1. The minimum Gasteiger partial charge on any atom is -0.445 e. The van der Waals surface area contributed by atoms with Crippen LogP contribution in [-0.4, -0.2) is 34.3 Å². The summed E-state index contributed by atoms with van der Waals surface area (Å²) >= 11 is 1.65. The molecule has 2 aromatic heterocycles. The van der Waals surface area contributed by atoms with Gasteiger partial charge in [0.15, 0.2) is 5.78 Å². The van der Waals surface area contributed by atoms with Crippen molar-refractivity contribution < 1.29 is 14.3 Å². The van der Waals surface area contributed by atoms with Gasteiger partial charge in [0.25, 0.3) is 0 Å². The van der Waals surface area contributed by atoms with E-state index in [-0.39, 0.29) is 12.4 Å². The topological polar surface area (TPSA) is 62.4 Å². The number of aromatic nitrogens is 1. The van der Waals surface area contributed by atoms with E-state index >= 15 is 0 Å². The van der Waals surface area contributed by atoms with Gasteiger partial charge < -0.3 is 9.72 Å². The Morgan fingerprint density at radius 2 is 1.97 bits per heavy atom. The second-order valence-electron chi connectivity index (χ2n) is 7.73. The van der Waals surface area contributed by atoms with Crippen LogP contribution in [0.3, 0.4) is 0 Å². The summed E-state index contributed by atoms with van der Waals surface area (Å²) in [6, 6.07) is 17.2. The molecule has 1 atom stereocenters. The quantitative estimate of drug-likeness (QED) is 0.402. The molecule has 0 saturated carbocycles. The normalized spacial score (nSPS) is 16.0. The van der Waals surface area contributed by atoms with Gasteiger partial charge >= 0.3 is 6.09 Å². The number of ether oxygens (including phenoxy) is 1. The number of thiophene rings is 1. The van der Waals surface area contributed by atoms with E-state index in [4.69, 9.17) is 4.74 Å². The van der Waals surface area contributed by atoms with E-state index in [0.29, 0.717) is 18.5 Å².